The zero-order valence-corrected chi connectivity index (χ0v) is 22.0. The van der Waals surface area contributed by atoms with Crippen LogP contribution in [0.5, 0.6) is 0 Å². The van der Waals surface area contributed by atoms with Gasteiger partial charge in [0.1, 0.15) is 5.39 Å². The number of hydrogen-bond acceptors (Lipinski definition) is 8. The van der Waals surface area contributed by atoms with E-state index in [-0.39, 0.29) is 29.7 Å². The van der Waals surface area contributed by atoms with Crippen molar-refractivity contribution < 1.29 is 0 Å². The Bertz CT molecular complexity index is 1610. The number of anilines is 3. The molecule has 0 unspecified atom stereocenters. The number of nitrogens with two attached hydrogens (primary N) is 1. The Hall–Kier alpha value is -4.25. The van der Waals surface area contributed by atoms with Gasteiger partial charge >= 0.3 is 0 Å². The van der Waals surface area contributed by atoms with Crippen LogP contribution in [0.15, 0.2) is 58.8 Å². The average molecular weight is 516 g/mol. The van der Waals surface area contributed by atoms with E-state index in [0.29, 0.717) is 22.8 Å². The summed E-state index contributed by atoms with van der Waals surface area (Å²) < 4.78 is 4.47. The van der Waals surface area contributed by atoms with Crippen LogP contribution < -0.4 is 27.1 Å². The first-order valence-electron chi connectivity index (χ1n) is 12.8. The Kier molecular flexibility index (Phi) is 6.85. The Morgan fingerprint density at radius 1 is 1.18 bits per heavy atom. The predicted molar refractivity (Wildman–Crippen MR) is 150 cm³/mol. The van der Waals surface area contributed by atoms with Gasteiger partial charge in [0.05, 0.1) is 12.6 Å². The summed E-state index contributed by atoms with van der Waals surface area (Å²) in [5.41, 5.74) is 9.14. The number of benzene rings is 1. The van der Waals surface area contributed by atoms with Crippen molar-refractivity contribution >= 4 is 28.4 Å². The molecule has 3 N–H and O–H groups in total. The molecular formula is C27H33N9O2. The lowest BCUT2D eigenvalue weighted by atomic mass is 10.0. The summed E-state index contributed by atoms with van der Waals surface area (Å²) in [6.07, 6.45) is 5.12. The first kappa shape index (κ1) is 25.4. The molecule has 4 heterocycles. The molecule has 0 radical (unpaired) electrons. The molecule has 0 atom stereocenters. The molecule has 0 aliphatic carbocycles. The molecule has 0 amide bonds. The molecule has 1 fully saturated rings. The van der Waals surface area contributed by atoms with E-state index in [9.17, 15) is 9.59 Å². The van der Waals surface area contributed by atoms with Gasteiger partial charge in [0.15, 0.2) is 11.5 Å². The third kappa shape index (κ3) is 4.72. The minimum atomic E-state index is -0.267. The molecular weight excluding hydrogens is 482 g/mol. The van der Waals surface area contributed by atoms with Gasteiger partial charge in [-0.1, -0.05) is 6.08 Å². The zero-order valence-electron chi connectivity index (χ0n) is 22.0. The quantitative estimate of drug-likeness (QED) is 0.360. The van der Waals surface area contributed by atoms with E-state index in [1.54, 1.807) is 16.8 Å². The molecule has 1 aliphatic rings. The highest BCUT2D eigenvalue weighted by atomic mass is 16.1. The van der Waals surface area contributed by atoms with Crippen LogP contribution in [0.1, 0.15) is 38.3 Å². The number of aromatic nitrogens is 6. The van der Waals surface area contributed by atoms with Crippen molar-refractivity contribution in [1.29, 1.82) is 0 Å². The van der Waals surface area contributed by atoms with Crippen LogP contribution in [-0.2, 0) is 6.54 Å². The van der Waals surface area contributed by atoms with Crippen LogP contribution in [0, 0.1) is 6.92 Å². The molecule has 1 saturated heterocycles. The van der Waals surface area contributed by atoms with Crippen molar-refractivity contribution in [2.24, 2.45) is 5.73 Å². The first-order valence-corrected chi connectivity index (χ1v) is 12.8. The largest absolute Gasteiger partial charge is 0.371 e. The topological polar surface area (TPSA) is 129 Å². The van der Waals surface area contributed by atoms with Crippen LogP contribution in [0.3, 0.4) is 0 Å². The van der Waals surface area contributed by atoms with Crippen molar-refractivity contribution in [3.05, 3.63) is 75.5 Å². The maximum Gasteiger partial charge on any atom is 0.278 e. The number of allylic oxidation sites excluding steroid dienone is 1. The highest BCUT2D eigenvalue weighted by Gasteiger charge is 2.20. The molecule has 5 rings (SSSR count). The molecule has 1 aliphatic heterocycles. The van der Waals surface area contributed by atoms with E-state index in [1.807, 2.05) is 19.9 Å². The predicted octanol–water partition coefficient (Wildman–Crippen LogP) is 2.89. The van der Waals surface area contributed by atoms with Gasteiger partial charge in [0.2, 0.25) is 5.95 Å². The lowest BCUT2D eigenvalue weighted by Gasteiger charge is -2.33. The minimum Gasteiger partial charge on any atom is -0.371 e. The van der Waals surface area contributed by atoms with E-state index in [0.717, 1.165) is 37.2 Å². The number of aryl methyl sites for hydroxylation is 1. The van der Waals surface area contributed by atoms with Gasteiger partial charge in [-0.05, 0) is 63.4 Å². The van der Waals surface area contributed by atoms with Gasteiger partial charge in [0.25, 0.3) is 11.1 Å². The van der Waals surface area contributed by atoms with Gasteiger partial charge in [-0.15, -0.1) is 11.7 Å². The van der Waals surface area contributed by atoms with Crippen molar-refractivity contribution in [3.8, 4) is 5.82 Å². The Labute approximate surface area is 220 Å². The van der Waals surface area contributed by atoms with Crippen molar-refractivity contribution in [1.82, 2.24) is 29.1 Å². The lowest BCUT2D eigenvalue weighted by Crippen LogP contribution is -2.39. The van der Waals surface area contributed by atoms with Crippen LogP contribution in [-0.4, -0.2) is 48.2 Å². The number of nitrogens with zero attached hydrogens (tertiary/aromatic N) is 7. The summed E-state index contributed by atoms with van der Waals surface area (Å²) in [4.78, 5) is 37.0. The summed E-state index contributed by atoms with van der Waals surface area (Å²) in [6, 6.07) is 9.32. The third-order valence-corrected chi connectivity index (χ3v) is 6.83. The number of hydrogen-bond donors (Lipinski definition) is 2. The van der Waals surface area contributed by atoms with Gasteiger partial charge in [-0.25, -0.2) is 19.0 Å². The molecule has 11 heteroatoms. The van der Waals surface area contributed by atoms with Gasteiger partial charge < -0.3 is 16.0 Å². The van der Waals surface area contributed by atoms with E-state index >= 15 is 0 Å². The molecule has 0 saturated carbocycles. The molecule has 4 aromatic rings. The van der Waals surface area contributed by atoms with Gasteiger partial charge in [-0.2, -0.15) is 4.98 Å². The summed E-state index contributed by atoms with van der Waals surface area (Å²) >= 11 is 0. The first-order chi connectivity index (χ1) is 18.3. The Morgan fingerprint density at radius 3 is 2.63 bits per heavy atom. The van der Waals surface area contributed by atoms with E-state index in [2.05, 4.69) is 45.9 Å². The zero-order chi connectivity index (χ0) is 27.0. The van der Waals surface area contributed by atoms with E-state index < -0.39 is 0 Å². The molecule has 38 heavy (non-hydrogen) atoms. The third-order valence-electron chi connectivity index (χ3n) is 6.83. The molecule has 0 spiro atoms. The van der Waals surface area contributed by atoms with Gasteiger partial charge in [0, 0.05) is 42.8 Å². The van der Waals surface area contributed by atoms with Crippen LogP contribution in [0.2, 0.25) is 0 Å². The average Bonchev–Trinajstić information content (AvgIpc) is 3.16. The molecule has 198 valence electrons. The molecule has 0 bridgehead atoms. The van der Waals surface area contributed by atoms with Crippen LogP contribution in [0.25, 0.3) is 16.9 Å². The van der Waals surface area contributed by atoms with Crippen molar-refractivity contribution in [3.63, 3.8) is 0 Å². The lowest BCUT2D eigenvalue weighted by molar-refractivity contribution is 0.486. The smallest absolute Gasteiger partial charge is 0.278 e. The second kappa shape index (κ2) is 10.3. The summed E-state index contributed by atoms with van der Waals surface area (Å²) in [5, 5.41) is 8.13. The van der Waals surface area contributed by atoms with Crippen LogP contribution in [0.4, 0.5) is 17.3 Å². The minimum absolute atomic E-state index is 0.149. The van der Waals surface area contributed by atoms with Crippen molar-refractivity contribution in [2.45, 2.75) is 52.2 Å². The second-order valence-electron chi connectivity index (χ2n) is 9.94. The standard InChI is InChI=1S/C27H33N9O2/c1-5-12-34-26(38)21-16-29-27(31-25(21)36(34)23-8-9-24(37)35(32-23)17(2)3)30-20-6-7-22(18(4)15-20)33-13-10-19(28)11-14-33/h5-9,15-17,19H,1,10-14,28H2,2-4H3,(H,29,30,31). The number of fused-ring (bicyclic) bond motifs is 1. The number of piperidine rings is 1. The maximum absolute atomic E-state index is 13.2. The normalized spacial score (nSPS) is 14.4. The highest BCUT2D eigenvalue weighted by Crippen LogP contribution is 2.27. The van der Waals surface area contributed by atoms with E-state index in [1.165, 1.54) is 27.3 Å². The fourth-order valence-electron chi connectivity index (χ4n) is 4.86. The summed E-state index contributed by atoms with van der Waals surface area (Å²) in [6.45, 7) is 11.8. The second-order valence-corrected chi connectivity index (χ2v) is 9.94. The fraction of sp³-hybridized carbons (Fsp3) is 0.370. The monoisotopic (exact) mass is 515 g/mol. The highest BCUT2D eigenvalue weighted by molar-refractivity contribution is 5.77. The van der Waals surface area contributed by atoms with E-state index in [4.69, 9.17) is 10.7 Å². The molecule has 3 aromatic heterocycles. The summed E-state index contributed by atoms with van der Waals surface area (Å²) in [5.74, 6) is 0.744. The van der Waals surface area contributed by atoms with Crippen LogP contribution >= 0.6 is 0 Å². The fourth-order valence-corrected chi connectivity index (χ4v) is 4.86. The summed E-state index contributed by atoms with van der Waals surface area (Å²) in [7, 11) is 0. The number of nitrogens with one attached hydrogen (secondary N) is 1. The Morgan fingerprint density at radius 2 is 1.95 bits per heavy atom. The molecule has 1 aromatic carbocycles. The number of rotatable bonds is 7. The Balaban J connectivity index is 1.53. The maximum atomic E-state index is 13.2. The van der Waals surface area contributed by atoms with Gasteiger partial charge in [-0.3, -0.25) is 9.59 Å². The molecule has 11 nitrogen and oxygen atoms in total. The SMILES string of the molecule is C=CCn1c(=O)c2cnc(Nc3ccc(N4CCC(N)CC4)c(C)c3)nc2n1-c1ccc(=O)n(C(C)C)n1. The van der Waals surface area contributed by atoms with Crippen molar-refractivity contribution in [2.75, 3.05) is 23.3 Å².